The number of carboxylic acids is 1. The van der Waals surface area contributed by atoms with Crippen LogP contribution in [0, 0.1) is 11.8 Å². The van der Waals surface area contributed by atoms with Crippen molar-refractivity contribution in [1.29, 1.82) is 0 Å². The Hall–Kier alpha value is -1.36. The van der Waals surface area contributed by atoms with E-state index in [2.05, 4.69) is 23.8 Å². The van der Waals surface area contributed by atoms with Crippen molar-refractivity contribution in [1.82, 2.24) is 14.7 Å². The average molecular weight is 251 g/mol. The Morgan fingerprint density at radius 2 is 2.33 bits per heavy atom. The highest BCUT2D eigenvalue weighted by atomic mass is 16.4. The lowest BCUT2D eigenvalue weighted by Gasteiger charge is -2.23. The van der Waals surface area contributed by atoms with Crippen LogP contribution < -0.4 is 0 Å². The molecule has 5 nitrogen and oxygen atoms in total. The number of aryl methyl sites for hydroxylation is 1. The van der Waals surface area contributed by atoms with Crippen LogP contribution >= 0.6 is 0 Å². The maximum absolute atomic E-state index is 11.1. The van der Waals surface area contributed by atoms with Crippen LogP contribution in [-0.4, -0.2) is 38.8 Å². The lowest BCUT2D eigenvalue weighted by Crippen LogP contribution is -2.26. The van der Waals surface area contributed by atoms with Crippen LogP contribution in [0.3, 0.4) is 0 Å². The summed E-state index contributed by atoms with van der Waals surface area (Å²) in [5.74, 6) is -0.707. The van der Waals surface area contributed by atoms with Crippen molar-refractivity contribution in [2.75, 3.05) is 13.1 Å². The number of carbonyl (C=O) groups is 1. The molecule has 0 aromatic carbocycles. The molecule has 5 heteroatoms. The molecule has 1 aromatic rings. The summed E-state index contributed by atoms with van der Waals surface area (Å²) >= 11 is 0. The molecule has 18 heavy (non-hydrogen) atoms. The van der Waals surface area contributed by atoms with Gasteiger partial charge >= 0.3 is 5.97 Å². The van der Waals surface area contributed by atoms with E-state index in [0.29, 0.717) is 6.54 Å². The van der Waals surface area contributed by atoms with E-state index in [4.69, 9.17) is 5.11 Å². The SMILES string of the molecule is CCn1cc(C(C)N2C[C@@H](C)[C@H](C(=O)O)C2)cn1. The number of hydrogen-bond acceptors (Lipinski definition) is 3. The van der Waals surface area contributed by atoms with Crippen LogP contribution in [-0.2, 0) is 11.3 Å². The molecule has 0 radical (unpaired) electrons. The lowest BCUT2D eigenvalue weighted by molar-refractivity contribution is -0.142. The van der Waals surface area contributed by atoms with Crippen LogP contribution in [0.15, 0.2) is 12.4 Å². The van der Waals surface area contributed by atoms with E-state index in [0.717, 1.165) is 18.7 Å². The Morgan fingerprint density at radius 1 is 1.61 bits per heavy atom. The molecule has 0 amide bonds. The van der Waals surface area contributed by atoms with Gasteiger partial charge < -0.3 is 5.11 Å². The zero-order valence-corrected chi connectivity index (χ0v) is 11.2. The highest BCUT2D eigenvalue weighted by Gasteiger charge is 2.37. The predicted octanol–water partition coefficient (Wildman–Crippen LogP) is 1.62. The smallest absolute Gasteiger partial charge is 0.308 e. The number of nitrogens with zero attached hydrogens (tertiary/aromatic N) is 3. The van der Waals surface area contributed by atoms with E-state index < -0.39 is 5.97 Å². The molecule has 2 rings (SSSR count). The summed E-state index contributed by atoms with van der Waals surface area (Å²) in [5, 5.41) is 13.4. The third kappa shape index (κ3) is 2.41. The minimum Gasteiger partial charge on any atom is -0.481 e. The van der Waals surface area contributed by atoms with Crippen molar-refractivity contribution < 1.29 is 9.90 Å². The van der Waals surface area contributed by atoms with Gasteiger partial charge in [-0.2, -0.15) is 5.10 Å². The van der Waals surface area contributed by atoms with Crippen molar-refractivity contribution in [3.8, 4) is 0 Å². The molecule has 1 aliphatic rings. The first-order valence-electron chi connectivity index (χ1n) is 6.52. The maximum atomic E-state index is 11.1. The molecule has 1 saturated heterocycles. The van der Waals surface area contributed by atoms with Crippen molar-refractivity contribution in [2.45, 2.75) is 33.4 Å². The van der Waals surface area contributed by atoms with E-state index >= 15 is 0 Å². The largest absolute Gasteiger partial charge is 0.481 e. The molecule has 1 unspecified atom stereocenters. The Kier molecular flexibility index (Phi) is 3.71. The zero-order chi connectivity index (χ0) is 13.3. The van der Waals surface area contributed by atoms with Crippen molar-refractivity contribution in [2.24, 2.45) is 11.8 Å². The Labute approximate surface area is 107 Å². The molecule has 0 spiro atoms. The predicted molar refractivity (Wildman–Crippen MR) is 68.2 cm³/mol. The Morgan fingerprint density at radius 3 is 2.83 bits per heavy atom. The number of likely N-dealkylation sites (tertiary alicyclic amines) is 1. The van der Waals surface area contributed by atoms with E-state index in [9.17, 15) is 4.79 Å². The van der Waals surface area contributed by atoms with Crippen LogP contribution in [0.4, 0.5) is 0 Å². The summed E-state index contributed by atoms with van der Waals surface area (Å²) in [6.45, 7) is 8.53. The molecular weight excluding hydrogens is 230 g/mol. The first kappa shape index (κ1) is 13.1. The second kappa shape index (κ2) is 5.10. The monoisotopic (exact) mass is 251 g/mol. The molecule has 0 aliphatic carbocycles. The van der Waals surface area contributed by atoms with Gasteiger partial charge in [0.1, 0.15) is 0 Å². The third-order valence-electron chi connectivity index (χ3n) is 3.97. The van der Waals surface area contributed by atoms with Gasteiger partial charge in [-0.05, 0) is 19.8 Å². The van der Waals surface area contributed by atoms with E-state index in [-0.39, 0.29) is 17.9 Å². The maximum Gasteiger partial charge on any atom is 0.308 e. The van der Waals surface area contributed by atoms with Gasteiger partial charge in [-0.25, -0.2) is 0 Å². The van der Waals surface area contributed by atoms with Gasteiger partial charge in [-0.1, -0.05) is 6.92 Å². The normalized spacial score (nSPS) is 26.4. The second-order valence-electron chi connectivity index (χ2n) is 5.18. The molecule has 0 saturated carbocycles. The van der Waals surface area contributed by atoms with Crippen molar-refractivity contribution in [3.05, 3.63) is 18.0 Å². The molecular formula is C13H21N3O2. The van der Waals surface area contributed by atoms with Gasteiger partial charge in [-0.15, -0.1) is 0 Å². The first-order chi connectivity index (χ1) is 8.52. The highest BCUT2D eigenvalue weighted by Crippen LogP contribution is 2.30. The lowest BCUT2D eigenvalue weighted by atomic mass is 9.99. The van der Waals surface area contributed by atoms with Gasteiger partial charge in [0.15, 0.2) is 0 Å². The molecule has 1 aromatic heterocycles. The number of carboxylic acid groups (broad SMARTS) is 1. The Bertz CT molecular complexity index is 430. The fraction of sp³-hybridized carbons (Fsp3) is 0.692. The van der Waals surface area contributed by atoms with Gasteiger partial charge in [0.25, 0.3) is 0 Å². The van der Waals surface area contributed by atoms with E-state index in [1.165, 1.54) is 0 Å². The van der Waals surface area contributed by atoms with Crippen LogP contribution in [0.1, 0.15) is 32.4 Å². The second-order valence-corrected chi connectivity index (χ2v) is 5.18. The number of rotatable bonds is 4. The summed E-state index contributed by atoms with van der Waals surface area (Å²) in [6, 6.07) is 0.233. The summed E-state index contributed by atoms with van der Waals surface area (Å²) in [4.78, 5) is 13.4. The van der Waals surface area contributed by atoms with Gasteiger partial charge in [0, 0.05) is 37.4 Å². The molecule has 1 N–H and O–H groups in total. The topological polar surface area (TPSA) is 58.4 Å². The Balaban J connectivity index is 2.06. The first-order valence-corrected chi connectivity index (χ1v) is 6.52. The minimum absolute atomic E-state index is 0.214. The molecule has 1 aliphatic heterocycles. The standard InChI is InChI=1S/C13H21N3O2/c1-4-16-7-11(5-14-16)10(3)15-6-9(2)12(8-15)13(17)18/h5,7,9-10,12H,4,6,8H2,1-3H3,(H,17,18)/t9-,10?,12-/m1/s1. The third-order valence-corrected chi connectivity index (χ3v) is 3.97. The number of hydrogen-bond donors (Lipinski definition) is 1. The minimum atomic E-state index is -0.679. The fourth-order valence-corrected chi connectivity index (χ4v) is 2.62. The molecule has 1 fully saturated rings. The summed E-state index contributed by atoms with van der Waals surface area (Å²) in [6.07, 6.45) is 3.93. The van der Waals surface area contributed by atoms with Gasteiger partial charge in [0.2, 0.25) is 0 Å². The molecule has 100 valence electrons. The quantitative estimate of drug-likeness (QED) is 0.883. The summed E-state index contributed by atoms with van der Waals surface area (Å²) in [7, 11) is 0. The molecule has 3 atom stereocenters. The van der Waals surface area contributed by atoms with E-state index in [1.807, 2.05) is 24.0 Å². The highest BCUT2D eigenvalue weighted by molar-refractivity contribution is 5.71. The average Bonchev–Trinajstić information content (AvgIpc) is 2.94. The summed E-state index contributed by atoms with van der Waals surface area (Å²) in [5.41, 5.74) is 1.16. The number of aromatic nitrogens is 2. The van der Waals surface area contributed by atoms with Gasteiger partial charge in [-0.3, -0.25) is 14.4 Å². The molecule has 0 bridgehead atoms. The zero-order valence-electron chi connectivity index (χ0n) is 11.2. The van der Waals surface area contributed by atoms with Crippen LogP contribution in [0.25, 0.3) is 0 Å². The van der Waals surface area contributed by atoms with E-state index in [1.54, 1.807) is 0 Å². The van der Waals surface area contributed by atoms with Crippen LogP contribution in [0.5, 0.6) is 0 Å². The number of aliphatic carboxylic acids is 1. The van der Waals surface area contributed by atoms with Crippen molar-refractivity contribution in [3.63, 3.8) is 0 Å². The molecule has 2 heterocycles. The summed E-state index contributed by atoms with van der Waals surface area (Å²) < 4.78 is 1.90. The van der Waals surface area contributed by atoms with Crippen molar-refractivity contribution >= 4 is 5.97 Å². The fourth-order valence-electron chi connectivity index (χ4n) is 2.62. The van der Waals surface area contributed by atoms with Gasteiger partial charge in [0.05, 0.1) is 12.1 Å². The van der Waals surface area contributed by atoms with Crippen LogP contribution in [0.2, 0.25) is 0 Å².